The SMILES string of the molecule is COc1ccc(OC(C)C(=O)Nc2cccc(C(=O)N3CCC(CO)CC3)c2)cc1. The summed E-state index contributed by atoms with van der Waals surface area (Å²) in [4.78, 5) is 27.1. The van der Waals surface area contributed by atoms with Gasteiger partial charge < -0.3 is 24.8 Å². The van der Waals surface area contributed by atoms with Crippen molar-refractivity contribution in [3.05, 3.63) is 54.1 Å². The normalized spacial score (nSPS) is 15.4. The van der Waals surface area contributed by atoms with Gasteiger partial charge >= 0.3 is 0 Å². The molecule has 0 aromatic heterocycles. The first-order chi connectivity index (χ1) is 14.5. The number of aliphatic hydroxyl groups is 1. The van der Waals surface area contributed by atoms with Gasteiger partial charge in [-0.15, -0.1) is 0 Å². The Morgan fingerprint density at radius 3 is 2.43 bits per heavy atom. The molecule has 160 valence electrons. The quantitative estimate of drug-likeness (QED) is 0.730. The molecule has 1 heterocycles. The number of hydrogen-bond acceptors (Lipinski definition) is 5. The molecule has 1 fully saturated rings. The molecule has 2 aromatic rings. The van der Waals surface area contributed by atoms with E-state index >= 15 is 0 Å². The van der Waals surface area contributed by atoms with Gasteiger partial charge in [0.05, 0.1) is 7.11 Å². The highest BCUT2D eigenvalue weighted by molar-refractivity contribution is 5.98. The molecule has 2 aromatic carbocycles. The zero-order valence-electron chi connectivity index (χ0n) is 17.3. The molecular formula is C23H28N2O5. The van der Waals surface area contributed by atoms with Gasteiger partial charge in [-0.2, -0.15) is 0 Å². The molecule has 7 heteroatoms. The van der Waals surface area contributed by atoms with Gasteiger partial charge in [-0.25, -0.2) is 0 Å². The highest BCUT2D eigenvalue weighted by atomic mass is 16.5. The van der Waals surface area contributed by atoms with Gasteiger partial charge in [-0.3, -0.25) is 9.59 Å². The summed E-state index contributed by atoms with van der Waals surface area (Å²) < 4.78 is 10.8. The summed E-state index contributed by atoms with van der Waals surface area (Å²) in [6.07, 6.45) is 0.896. The predicted molar refractivity (Wildman–Crippen MR) is 114 cm³/mol. The number of carbonyl (C=O) groups is 2. The molecular weight excluding hydrogens is 384 g/mol. The zero-order chi connectivity index (χ0) is 21.5. The van der Waals surface area contributed by atoms with Crippen molar-refractivity contribution in [1.82, 2.24) is 4.90 Å². The molecule has 30 heavy (non-hydrogen) atoms. The van der Waals surface area contributed by atoms with E-state index in [0.29, 0.717) is 35.8 Å². The van der Waals surface area contributed by atoms with Crippen molar-refractivity contribution in [2.24, 2.45) is 5.92 Å². The topological polar surface area (TPSA) is 88.1 Å². The monoisotopic (exact) mass is 412 g/mol. The standard InChI is InChI=1S/C23H28N2O5/c1-16(30-21-8-6-20(29-2)7-9-21)22(27)24-19-5-3-4-18(14-19)23(28)25-12-10-17(15-26)11-13-25/h3-9,14,16-17,26H,10-13,15H2,1-2H3,(H,24,27). The number of anilines is 1. The van der Waals surface area contributed by atoms with Crippen LogP contribution in [0.4, 0.5) is 5.69 Å². The van der Waals surface area contributed by atoms with Crippen LogP contribution < -0.4 is 14.8 Å². The summed E-state index contributed by atoms with van der Waals surface area (Å²) in [5.41, 5.74) is 1.07. The fourth-order valence-electron chi connectivity index (χ4n) is 3.39. The van der Waals surface area contributed by atoms with E-state index in [0.717, 1.165) is 12.8 Å². The van der Waals surface area contributed by atoms with E-state index in [1.54, 1.807) is 67.5 Å². The Morgan fingerprint density at radius 1 is 1.13 bits per heavy atom. The number of amides is 2. The summed E-state index contributed by atoms with van der Waals surface area (Å²) in [6.45, 7) is 3.10. The number of carbonyl (C=O) groups excluding carboxylic acids is 2. The van der Waals surface area contributed by atoms with E-state index in [4.69, 9.17) is 9.47 Å². The minimum atomic E-state index is -0.713. The zero-order valence-corrected chi connectivity index (χ0v) is 17.3. The second-order valence-electron chi connectivity index (χ2n) is 7.42. The summed E-state index contributed by atoms with van der Waals surface area (Å²) in [6, 6.07) is 13.9. The van der Waals surface area contributed by atoms with E-state index in [-0.39, 0.29) is 24.3 Å². The lowest BCUT2D eigenvalue weighted by Crippen LogP contribution is -2.39. The van der Waals surface area contributed by atoms with Crippen LogP contribution in [0, 0.1) is 5.92 Å². The minimum absolute atomic E-state index is 0.0648. The largest absolute Gasteiger partial charge is 0.497 e. The fraction of sp³-hybridized carbons (Fsp3) is 0.391. The Morgan fingerprint density at radius 2 is 1.80 bits per heavy atom. The van der Waals surface area contributed by atoms with Crippen molar-refractivity contribution in [3.63, 3.8) is 0 Å². The van der Waals surface area contributed by atoms with E-state index in [1.165, 1.54) is 0 Å². The van der Waals surface area contributed by atoms with Gasteiger partial charge in [-0.05, 0) is 68.1 Å². The van der Waals surface area contributed by atoms with Gasteiger partial charge in [0.1, 0.15) is 11.5 Å². The van der Waals surface area contributed by atoms with E-state index in [2.05, 4.69) is 5.32 Å². The van der Waals surface area contributed by atoms with Crippen LogP contribution >= 0.6 is 0 Å². The summed E-state index contributed by atoms with van der Waals surface area (Å²) in [7, 11) is 1.59. The number of piperidine rings is 1. The number of hydrogen-bond donors (Lipinski definition) is 2. The first-order valence-corrected chi connectivity index (χ1v) is 10.1. The lowest BCUT2D eigenvalue weighted by atomic mass is 9.97. The Bertz CT molecular complexity index is 860. The third-order valence-corrected chi connectivity index (χ3v) is 5.28. The molecule has 7 nitrogen and oxygen atoms in total. The molecule has 1 aliphatic rings. The Labute approximate surface area is 176 Å². The minimum Gasteiger partial charge on any atom is -0.497 e. The van der Waals surface area contributed by atoms with Crippen molar-refractivity contribution >= 4 is 17.5 Å². The maximum absolute atomic E-state index is 12.8. The third kappa shape index (κ3) is 5.51. The molecule has 0 aliphatic carbocycles. The van der Waals surface area contributed by atoms with Crippen LogP contribution in [0.1, 0.15) is 30.1 Å². The van der Waals surface area contributed by atoms with E-state index < -0.39 is 6.10 Å². The molecule has 1 unspecified atom stereocenters. The Kier molecular flexibility index (Phi) is 7.30. The van der Waals surface area contributed by atoms with Gasteiger partial charge in [0, 0.05) is 30.9 Å². The number of aliphatic hydroxyl groups excluding tert-OH is 1. The number of likely N-dealkylation sites (tertiary alicyclic amines) is 1. The molecule has 0 bridgehead atoms. The van der Waals surface area contributed by atoms with E-state index in [9.17, 15) is 14.7 Å². The van der Waals surface area contributed by atoms with Crippen molar-refractivity contribution in [1.29, 1.82) is 0 Å². The molecule has 0 radical (unpaired) electrons. The van der Waals surface area contributed by atoms with Crippen molar-refractivity contribution in [2.45, 2.75) is 25.9 Å². The second-order valence-corrected chi connectivity index (χ2v) is 7.42. The van der Waals surface area contributed by atoms with Crippen LogP contribution in [-0.4, -0.2) is 54.7 Å². The Balaban J connectivity index is 1.58. The second kappa shape index (κ2) is 10.1. The van der Waals surface area contributed by atoms with Crippen LogP contribution in [0.5, 0.6) is 11.5 Å². The van der Waals surface area contributed by atoms with Crippen LogP contribution in [0.15, 0.2) is 48.5 Å². The maximum atomic E-state index is 12.8. The van der Waals surface area contributed by atoms with Crippen LogP contribution in [0.3, 0.4) is 0 Å². The number of ether oxygens (including phenoxy) is 2. The molecule has 0 saturated carbocycles. The Hall–Kier alpha value is -3.06. The molecule has 0 spiro atoms. The average molecular weight is 412 g/mol. The van der Waals surface area contributed by atoms with Crippen molar-refractivity contribution < 1.29 is 24.2 Å². The predicted octanol–water partition coefficient (Wildman–Crippen LogP) is 2.95. The highest BCUT2D eigenvalue weighted by Crippen LogP contribution is 2.21. The number of nitrogens with zero attached hydrogens (tertiary/aromatic N) is 1. The molecule has 1 aliphatic heterocycles. The van der Waals surface area contributed by atoms with E-state index in [1.807, 2.05) is 0 Å². The van der Waals surface area contributed by atoms with Crippen molar-refractivity contribution in [2.75, 3.05) is 32.1 Å². The number of benzene rings is 2. The van der Waals surface area contributed by atoms with Gasteiger partial charge in [0.2, 0.25) is 0 Å². The van der Waals surface area contributed by atoms with Crippen molar-refractivity contribution in [3.8, 4) is 11.5 Å². The maximum Gasteiger partial charge on any atom is 0.265 e. The summed E-state index contributed by atoms with van der Waals surface area (Å²) >= 11 is 0. The first-order valence-electron chi connectivity index (χ1n) is 10.1. The summed E-state index contributed by atoms with van der Waals surface area (Å²) in [5, 5.41) is 12.1. The molecule has 1 saturated heterocycles. The van der Waals surface area contributed by atoms with Gasteiger partial charge in [0.25, 0.3) is 11.8 Å². The first kappa shape index (κ1) is 21.6. The third-order valence-electron chi connectivity index (χ3n) is 5.28. The molecule has 2 amide bonds. The number of nitrogens with one attached hydrogen (secondary N) is 1. The molecule has 3 rings (SSSR count). The van der Waals surface area contributed by atoms with Crippen LogP contribution in [-0.2, 0) is 4.79 Å². The lowest BCUT2D eigenvalue weighted by molar-refractivity contribution is -0.122. The smallest absolute Gasteiger partial charge is 0.265 e. The van der Waals surface area contributed by atoms with Crippen LogP contribution in [0.25, 0.3) is 0 Å². The van der Waals surface area contributed by atoms with Gasteiger partial charge in [0.15, 0.2) is 6.10 Å². The highest BCUT2D eigenvalue weighted by Gasteiger charge is 2.23. The van der Waals surface area contributed by atoms with Crippen LogP contribution in [0.2, 0.25) is 0 Å². The summed E-state index contributed by atoms with van der Waals surface area (Å²) in [5.74, 6) is 1.17. The average Bonchev–Trinajstić information content (AvgIpc) is 2.79. The lowest BCUT2D eigenvalue weighted by Gasteiger charge is -2.31. The fourth-order valence-corrected chi connectivity index (χ4v) is 3.39. The number of rotatable bonds is 7. The molecule has 2 N–H and O–H groups in total. The number of methoxy groups -OCH3 is 1. The van der Waals surface area contributed by atoms with Gasteiger partial charge in [-0.1, -0.05) is 6.07 Å². The molecule has 1 atom stereocenters.